The fourth-order valence-electron chi connectivity index (χ4n) is 4.84. The van der Waals surface area contributed by atoms with E-state index in [4.69, 9.17) is 19.9 Å². The van der Waals surface area contributed by atoms with E-state index in [1.807, 2.05) is 0 Å². The molecule has 7 nitrogen and oxygen atoms in total. The molecule has 0 aliphatic carbocycles. The Kier molecular flexibility index (Phi) is 7.61. The monoisotopic (exact) mass is 525 g/mol. The van der Waals surface area contributed by atoms with Crippen molar-refractivity contribution in [2.24, 2.45) is 0 Å². The van der Waals surface area contributed by atoms with E-state index in [-0.39, 0.29) is 0 Å². The molecule has 1 aliphatic heterocycles. The summed E-state index contributed by atoms with van der Waals surface area (Å²) >= 11 is 0. The highest BCUT2D eigenvalue weighted by Gasteiger charge is 2.38. The summed E-state index contributed by atoms with van der Waals surface area (Å²) in [6.45, 7) is 10.5. The average Bonchev–Trinajstić information content (AvgIpc) is 3.44. The minimum Gasteiger partial charge on any atom is -0.475 e. The van der Waals surface area contributed by atoms with Gasteiger partial charge >= 0.3 is 12.1 Å². The summed E-state index contributed by atoms with van der Waals surface area (Å²) < 4.78 is 31.7. The summed E-state index contributed by atoms with van der Waals surface area (Å²) in [7, 11) is 0. The molecular weight excluding hydrogens is 495 g/mol. The van der Waals surface area contributed by atoms with Crippen LogP contribution in [-0.2, 0) is 17.6 Å². The summed E-state index contributed by atoms with van der Waals surface area (Å²) in [6, 6.07) is 12.9. The number of para-hydroxylation sites is 1. The third-order valence-corrected chi connectivity index (χ3v) is 6.61. The van der Waals surface area contributed by atoms with E-state index in [9.17, 15) is 13.2 Å². The number of hydrogen-bond donors (Lipinski definition) is 3. The zero-order valence-electron chi connectivity index (χ0n) is 21.7. The fourth-order valence-corrected chi connectivity index (χ4v) is 4.84. The van der Waals surface area contributed by atoms with Crippen molar-refractivity contribution in [2.75, 3.05) is 23.3 Å². The zero-order valence-corrected chi connectivity index (χ0v) is 21.7. The van der Waals surface area contributed by atoms with E-state index >= 15 is 0 Å². The van der Waals surface area contributed by atoms with E-state index < -0.39 is 12.1 Å². The quantitative estimate of drug-likeness (QED) is 0.288. The Bertz CT molecular complexity index is 1460. The van der Waals surface area contributed by atoms with E-state index in [0.717, 1.165) is 43.1 Å². The van der Waals surface area contributed by atoms with Crippen molar-refractivity contribution in [3.63, 3.8) is 0 Å². The molecule has 0 radical (unpaired) electrons. The Hall–Kier alpha value is -4.08. The maximum Gasteiger partial charge on any atom is 0.490 e. The summed E-state index contributed by atoms with van der Waals surface area (Å²) in [5, 5.41) is 11.9. The van der Waals surface area contributed by atoms with Gasteiger partial charge in [0, 0.05) is 47.1 Å². The molecule has 10 heteroatoms. The second-order valence-corrected chi connectivity index (χ2v) is 9.48. The van der Waals surface area contributed by atoms with Gasteiger partial charge in [0.05, 0.1) is 0 Å². The highest BCUT2D eigenvalue weighted by Crippen LogP contribution is 2.32. The van der Waals surface area contributed by atoms with Crippen molar-refractivity contribution in [1.82, 2.24) is 15.0 Å². The number of aromatic amines is 1. The third-order valence-electron chi connectivity index (χ3n) is 6.61. The van der Waals surface area contributed by atoms with E-state index in [2.05, 4.69) is 85.5 Å². The van der Waals surface area contributed by atoms with Gasteiger partial charge in [0.1, 0.15) is 5.82 Å². The number of H-pyrrole nitrogens is 1. The third kappa shape index (κ3) is 5.90. The topological polar surface area (TPSA) is 94.1 Å². The largest absolute Gasteiger partial charge is 0.490 e. The Labute approximate surface area is 218 Å². The first kappa shape index (κ1) is 27.0. The van der Waals surface area contributed by atoms with Crippen molar-refractivity contribution >= 4 is 34.3 Å². The maximum atomic E-state index is 10.6. The van der Waals surface area contributed by atoms with Crippen molar-refractivity contribution in [1.29, 1.82) is 0 Å². The minimum absolute atomic E-state index is 0.685. The van der Waals surface area contributed by atoms with Crippen LogP contribution in [-0.4, -0.2) is 45.3 Å². The number of fused-ring (bicyclic) bond motifs is 2. The smallest absolute Gasteiger partial charge is 0.475 e. The van der Waals surface area contributed by atoms with Crippen molar-refractivity contribution in [3.05, 3.63) is 76.1 Å². The van der Waals surface area contributed by atoms with Gasteiger partial charge in [-0.2, -0.15) is 18.2 Å². The number of aliphatic carboxylic acids is 1. The van der Waals surface area contributed by atoms with Crippen LogP contribution in [0.1, 0.15) is 33.5 Å². The molecule has 0 fully saturated rings. The Balaban J connectivity index is 0.000000426. The van der Waals surface area contributed by atoms with Gasteiger partial charge in [-0.15, -0.1) is 0 Å². The highest BCUT2D eigenvalue weighted by molar-refractivity contribution is 5.83. The number of nitrogens with zero attached hydrogens (tertiary/aromatic N) is 3. The molecule has 2 aromatic carbocycles. The normalized spacial score (nSPS) is 12.8. The molecule has 38 heavy (non-hydrogen) atoms. The summed E-state index contributed by atoms with van der Waals surface area (Å²) in [5.41, 5.74) is 9.73. The maximum absolute atomic E-state index is 10.6. The van der Waals surface area contributed by atoms with Crippen molar-refractivity contribution in [2.45, 2.75) is 46.7 Å². The first-order valence-corrected chi connectivity index (χ1v) is 12.3. The van der Waals surface area contributed by atoms with Gasteiger partial charge in [-0.25, -0.2) is 9.78 Å². The van der Waals surface area contributed by atoms with Crippen LogP contribution in [0.5, 0.6) is 0 Å². The van der Waals surface area contributed by atoms with Gasteiger partial charge in [-0.1, -0.05) is 35.9 Å². The predicted molar refractivity (Wildman–Crippen MR) is 142 cm³/mol. The zero-order chi connectivity index (χ0) is 27.6. The summed E-state index contributed by atoms with van der Waals surface area (Å²) in [6.07, 6.45) is -0.938. The molecule has 5 rings (SSSR count). The number of anilines is 3. The number of halogens is 3. The standard InChI is InChI=1S/C26H29N5.C2HF3O2/c1-16-13-17(2)24(18(3)14-16)29-26-28-19(4)21-10-12-31(25(21)30-26)11-9-20-15-27-23-8-6-5-7-22(20)23;3-2(4,5)1(6)7/h5-8,13-15,27H,9-12H2,1-4H3,(H,28,29,30);(H,6,7). The second-order valence-electron chi connectivity index (χ2n) is 9.48. The van der Waals surface area contributed by atoms with Crippen LogP contribution in [0.15, 0.2) is 42.6 Å². The number of aromatic nitrogens is 3. The molecule has 2 aromatic heterocycles. The van der Waals surface area contributed by atoms with Crippen LogP contribution in [0, 0.1) is 27.7 Å². The Morgan fingerprint density at radius 2 is 1.76 bits per heavy atom. The molecule has 0 amide bonds. The number of carboxylic acid groups (broad SMARTS) is 1. The molecular formula is C28H30F3N5O2. The molecule has 200 valence electrons. The lowest BCUT2D eigenvalue weighted by Crippen LogP contribution is -2.24. The number of rotatable bonds is 5. The predicted octanol–water partition coefficient (Wildman–Crippen LogP) is 6.17. The van der Waals surface area contributed by atoms with Gasteiger partial charge in [0.15, 0.2) is 0 Å². The fraction of sp³-hybridized carbons (Fsp3) is 0.321. The first-order valence-electron chi connectivity index (χ1n) is 12.3. The molecule has 1 aliphatic rings. The lowest BCUT2D eigenvalue weighted by atomic mass is 10.1. The number of carboxylic acids is 1. The van der Waals surface area contributed by atoms with Gasteiger partial charge in [0.25, 0.3) is 0 Å². The van der Waals surface area contributed by atoms with Crippen molar-refractivity contribution in [3.8, 4) is 0 Å². The molecule has 3 heterocycles. The van der Waals surface area contributed by atoms with Crippen LogP contribution in [0.2, 0.25) is 0 Å². The molecule has 0 atom stereocenters. The molecule has 0 spiro atoms. The van der Waals surface area contributed by atoms with E-state index in [0.29, 0.717) is 5.95 Å². The molecule has 0 saturated heterocycles. The molecule has 0 saturated carbocycles. The van der Waals surface area contributed by atoms with Crippen LogP contribution in [0.4, 0.5) is 30.6 Å². The van der Waals surface area contributed by atoms with E-state index in [1.54, 1.807) is 0 Å². The van der Waals surface area contributed by atoms with E-state index in [1.165, 1.54) is 38.7 Å². The number of carbonyl (C=O) groups is 1. The number of hydrogen-bond acceptors (Lipinski definition) is 5. The van der Waals surface area contributed by atoms with Gasteiger partial charge in [0.2, 0.25) is 5.95 Å². The number of benzene rings is 2. The number of nitrogens with one attached hydrogen (secondary N) is 2. The summed E-state index contributed by atoms with van der Waals surface area (Å²) in [4.78, 5) is 24.4. The van der Waals surface area contributed by atoms with Crippen LogP contribution in [0.3, 0.4) is 0 Å². The van der Waals surface area contributed by atoms with Crippen LogP contribution < -0.4 is 10.2 Å². The minimum atomic E-state index is -5.08. The highest BCUT2D eigenvalue weighted by atomic mass is 19.4. The first-order chi connectivity index (χ1) is 17.9. The van der Waals surface area contributed by atoms with Gasteiger partial charge in [-0.3, -0.25) is 0 Å². The Morgan fingerprint density at radius 3 is 2.42 bits per heavy atom. The average molecular weight is 526 g/mol. The SMILES string of the molecule is Cc1cc(C)c(Nc2nc(C)c3c(n2)N(CCc2c[nH]c4ccccc24)CC3)c(C)c1.O=C(O)C(F)(F)F. The number of alkyl halides is 3. The van der Waals surface area contributed by atoms with Crippen LogP contribution in [0.25, 0.3) is 10.9 Å². The van der Waals surface area contributed by atoms with Crippen LogP contribution >= 0.6 is 0 Å². The van der Waals surface area contributed by atoms with Gasteiger partial charge < -0.3 is 20.3 Å². The molecule has 0 unspecified atom stereocenters. The molecule has 0 bridgehead atoms. The summed E-state index contributed by atoms with van der Waals surface area (Å²) in [5.74, 6) is -0.991. The van der Waals surface area contributed by atoms with Gasteiger partial charge in [-0.05, 0) is 63.3 Å². The lowest BCUT2D eigenvalue weighted by Gasteiger charge is -2.20. The second kappa shape index (κ2) is 10.7. The lowest BCUT2D eigenvalue weighted by molar-refractivity contribution is -0.192. The molecule has 3 N–H and O–H groups in total. The number of aryl methyl sites for hydroxylation is 4. The Morgan fingerprint density at radius 1 is 1.11 bits per heavy atom. The molecule has 4 aromatic rings. The van der Waals surface area contributed by atoms with Crippen molar-refractivity contribution < 1.29 is 23.1 Å².